The summed E-state index contributed by atoms with van der Waals surface area (Å²) < 4.78 is 0. The van der Waals surface area contributed by atoms with Gasteiger partial charge in [0.1, 0.15) is 5.78 Å². The molecule has 0 spiro atoms. The van der Waals surface area contributed by atoms with Crippen LogP contribution in [0.4, 0.5) is 11.4 Å². The zero-order valence-corrected chi connectivity index (χ0v) is 10.5. The van der Waals surface area contributed by atoms with Crippen molar-refractivity contribution in [1.29, 1.82) is 0 Å². The van der Waals surface area contributed by atoms with Crippen LogP contribution in [0.25, 0.3) is 0 Å². The van der Waals surface area contributed by atoms with Crippen molar-refractivity contribution in [3.63, 3.8) is 0 Å². The first-order chi connectivity index (χ1) is 8.97. The second-order valence-corrected chi connectivity index (χ2v) is 4.46. The second kappa shape index (κ2) is 5.09. The van der Waals surface area contributed by atoms with Gasteiger partial charge >= 0.3 is 5.97 Å². The number of hydrogen-bond acceptors (Lipinski definition) is 4. The smallest absolute Gasteiger partial charge is 0.335 e. The Morgan fingerprint density at radius 1 is 1.42 bits per heavy atom. The van der Waals surface area contributed by atoms with E-state index in [0.29, 0.717) is 18.7 Å². The van der Waals surface area contributed by atoms with Crippen molar-refractivity contribution >= 4 is 29.0 Å². The maximum absolute atomic E-state index is 11.6. The summed E-state index contributed by atoms with van der Waals surface area (Å²) in [4.78, 5) is 35.3. The number of carbonyl (C=O) groups excluding carboxylic acids is 2. The van der Waals surface area contributed by atoms with E-state index >= 15 is 0 Å². The number of benzene rings is 1. The maximum Gasteiger partial charge on any atom is 0.335 e. The minimum atomic E-state index is -1.04. The third-order valence-electron chi connectivity index (χ3n) is 2.93. The first-order valence-electron chi connectivity index (χ1n) is 5.89. The van der Waals surface area contributed by atoms with E-state index in [-0.39, 0.29) is 23.8 Å². The van der Waals surface area contributed by atoms with Crippen LogP contribution in [0.15, 0.2) is 18.2 Å². The molecule has 2 rings (SSSR count). The van der Waals surface area contributed by atoms with Gasteiger partial charge in [0, 0.05) is 13.0 Å². The molecule has 0 bridgehead atoms. The Labute approximate surface area is 110 Å². The van der Waals surface area contributed by atoms with E-state index in [9.17, 15) is 14.4 Å². The number of aromatic carboxylic acids is 1. The Hall–Kier alpha value is -2.37. The predicted octanol–water partition coefficient (Wildman–Crippen LogP) is 1.12. The van der Waals surface area contributed by atoms with Gasteiger partial charge < -0.3 is 15.3 Å². The lowest BCUT2D eigenvalue weighted by atomic mass is 10.1. The third-order valence-corrected chi connectivity index (χ3v) is 2.93. The molecular weight excluding hydrogens is 248 g/mol. The number of carboxylic acid groups (broad SMARTS) is 1. The van der Waals surface area contributed by atoms with Crippen LogP contribution in [-0.4, -0.2) is 35.9 Å². The molecule has 0 fully saturated rings. The molecule has 1 aromatic rings. The highest BCUT2D eigenvalue weighted by Gasteiger charge is 2.22. The number of rotatable bonds is 4. The van der Waals surface area contributed by atoms with E-state index in [1.165, 1.54) is 19.1 Å². The molecule has 0 aliphatic carbocycles. The van der Waals surface area contributed by atoms with Gasteiger partial charge in [-0.25, -0.2) is 4.79 Å². The van der Waals surface area contributed by atoms with E-state index in [2.05, 4.69) is 5.32 Å². The molecule has 0 radical (unpaired) electrons. The molecule has 1 aliphatic heterocycles. The third kappa shape index (κ3) is 2.90. The van der Waals surface area contributed by atoms with Gasteiger partial charge in [-0.3, -0.25) is 9.59 Å². The minimum Gasteiger partial charge on any atom is -0.478 e. The highest BCUT2D eigenvalue weighted by molar-refractivity contribution is 6.03. The number of amides is 1. The van der Waals surface area contributed by atoms with Crippen LogP contribution in [0.2, 0.25) is 0 Å². The quantitative estimate of drug-likeness (QED) is 0.849. The SMILES string of the molecule is CC(=O)CCN1CC(=O)Nc2cc(C(=O)O)ccc21. The molecule has 6 heteroatoms. The standard InChI is InChI=1S/C13H14N2O4/c1-8(16)4-5-15-7-12(17)14-10-6-9(13(18)19)2-3-11(10)15/h2-3,6H,4-5,7H2,1H3,(H,14,17)(H,18,19). The average molecular weight is 262 g/mol. The van der Waals surface area contributed by atoms with Crippen molar-refractivity contribution in [1.82, 2.24) is 0 Å². The summed E-state index contributed by atoms with van der Waals surface area (Å²) >= 11 is 0. The fraction of sp³-hybridized carbons (Fsp3) is 0.308. The summed E-state index contributed by atoms with van der Waals surface area (Å²) in [7, 11) is 0. The Balaban J connectivity index is 2.30. The zero-order valence-electron chi connectivity index (χ0n) is 10.5. The lowest BCUT2D eigenvalue weighted by molar-refractivity contribution is -0.117. The van der Waals surface area contributed by atoms with Gasteiger partial charge in [0.2, 0.25) is 5.91 Å². The number of Topliss-reactive ketones (excluding diaryl/α,β-unsaturated/α-hetero) is 1. The van der Waals surface area contributed by atoms with E-state index in [4.69, 9.17) is 5.11 Å². The van der Waals surface area contributed by atoms with Crippen LogP contribution >= 0.6 is 0 Å². The van der Waals surface area contributed by atoms with Crippen molar-refractivity contribution in [3.8, 4) is 0 Å². The number of ketones is 1. The highest BCUT2D eigenvalue weighted by atomic mass is 16.4. The Bertz CT molecular complexity index is 554. The van der Waals surface area contributed by atoms with E-state index < -0.39 is 5.97 Å². The normalized spacial score (nSPS) is 13.7. The Morgan fingerprint density at radius 2 is 2.16 bits per heavy atom. The molecule has 1 heterocycles. The van der Waals surface area contributed by atoms with Crippen LogP contribution in [-0.2, 0) is 9.59 Å². The van der Waals surface area contributed by atoms with Crippen LogP contribution in [0, 0.1) is 0 Å². The van der Waals surface area contributed by atoms with Gasteiger partial charge in [0.15, 0.2) is 0 Å². The molecule has 19 heavy (non-hydrogen) atoms. The van der Waals surface area contributed by atoms with Crippen molar-refractivity contribution in [2.45, 2.75) is 13.3 Å². The molecule has 1 amide bonds. The first kappa shape index (κ1) is 13.1. The fourth-order valence-corrected chi connectivity index (χ4v) is 1.99. The summed E-state index contributed by atoms with van der Waals surface area (Å²) in [6.07, 6.45) is 0.355. The number of carbonyl (C=O) groups is 3. The average Bonchev–Trinajstić information content (AvgIpc) is 2.34. The highest BCUT2D eigenvalue weighted by Crippen LogP contribution is 2.30. The summed E-state index contributed by atoms with van der Waals surface area (Å²) in [6, 6.07) is 4.56. The van der Waals surface area contributed by atoms with Gasteiger partial charge in [-0.1, -0.05) is 0 Å². The van der Waals surface area contributed by atoms with E-state index in [1.54, 1.807) is 11.0 Å². The van der Waals surface area contributed by atoms with Gasteiger partial charge in [-0.15, -0.1) is 0 Å². The molecular formula is C13H14N2O4. The monoisotopic (exact) mass is 262 g/mol. The lowest BCUT2D eigenvalue weighted by Crippen LogP contribution is -2.39. The number of fused-ring (bicyclic) bond motifs is 1. The molecule has 0 aromatic heterocycles. The van der Waals surface area contributed by atoms with E-state index in [1.807, 2.05) is 0 Å². The van der Waals surface area contributed by atoms with E-state index in [0.717, 1.165) is 5.69 Å². The molecule has 0 unspecified atom stereocenters. The summed E-state index contributed by atoms with van der Waals surface area (Å²) in [5.41, 5.74) is 1.33. The number of hydrogen-bond donors (Lipinski definition) is 2. The number of nitrogens with zero attached hydrogens (tertiary/aromatic N) is 1. The molecule has 6 nitrogen and oxygen atoms in total. The topological polar surface area (TPSA) is 86.7 Å². The van der Waals surface area contributed by atoms with Gasteiger partial charge in [-0.2, -0.15) is 0 Å². The van der Waals surface area contributed by atoms with Gasteiger partial charge in [0.05, 0.1) is 23.5 Å². The first-order valence-corrected chi connectivity index (χ1v) is 5.89. The summed E-state index contributed by atoms with van der Waals surface area (Å²) in [5.74, 6) is -1.20. The van der Waals surface area contributed by atoms with Gasteiger partial charge in [-0.05, 0) is 25.1 Å². The molecule has 1 aromatic carbocycles. The Morgan fingerprint density at radius 3 is 2.79 bits per heavy atom. The fourth-order valence-electron chi connectivity index (χ4n) is 1.99. The van der Waals surface area contributed by atoms with Crippen LogP contribution < -0.4 is 10.2 Å². The molecule has 2 N–H and O–H groups in total. The van der Waals surface area contributed by atoms with Crippen LogP contribution in [0.5, 0.6) is 0 Å². The molecule has 0 atom stereocenters. The number of nitrogens with one attached hydrogen (secondary N) is 1. The molecule has 1 aliphatic rings. The summed E-state index contributed by atoms with van der Waals surface area (Å²) in [5, 5.41) is 11.6. The van der Waals surface area contributed by atoms with Crippen molar-refractivity contribution in [3.05, 3.63) is 23.8 Å². The molecule has 0 saturated heterocycles. The van der Waals surface area contributed by atoms with Crippen molar-refractivity contribution < 1.29 is 19.5 Å². The molecule has 100 valence electrons. The largest absolute Gasteiger partial charge is 0.478 e. The number of carboxylic acids is 1. The maximum atomic E-state index is 11.6. The van der Waals surface area contributed by atoms with Crippen molar-refractivity contribution in [2.24, 2.45) is 0 Å². The van der Waals surface area contributed by atoms with Gasteiger partial charge in [0.25, 0.3) is 0 Å². The predicted molar refractivity (Wildman–Crippen MR) is 69.5 cm³/mol. The summed E-state index contributed by atoms with van der Waals surface area (Å²) in [6.45, 7) is 2.12. The Kier molecular flexibility index (Phi) is 3.50. The molecule has 0 saturated carbocycles. The zero-order chi connectivity index (χ0) is 14.0. The lowest BCUT2D eigenvalue weighted by Gasteiger charge is -2.30. The second-order valence-electron chi connectivity index (χ2n) is 4.46. The minimum absolute atomic E-state index is 0.0506. The van der Waals surface area contributed by atoms with Crippen LogP contribution in [0.3, 0.4) is 0 Å². The van der Waals surface area contributed by atoms with Crippen LogP contribution in [0.1, 0.15) is 23.7 Å². The van der Waals surface area contributed by atoms with Crippen molar-refractivity contribution in [2.75, 3.05) is 23.3 Å². The number of anilines is 2.